The molecule has 1 amide bonds. The third kappa shape index (κ3) is 4.18. The number of benzene rings is 1. The average molecular weight is 389 g/mol. The van der Waals surface area contributed by atoms with Crippen LogP contribution in [-0.4, -0.2) is 45.5 Å². The zero-order valence-corrected chi connectivity index (χ0v) is 15.9. The van der Waals surface area contributed by atoms with E-state index < -0.39 is 9.84 Å². The van der Waals surface area contributed by atoms with Gasteiger partial charge in [0.1, 0.15) is 0 Å². The molecule has 4 rings (SSSR count). The van der Waals surface area contributed by atoms with Crippen molar-refractivity contribution in [1.82, 2.24) is 20.2 Å². The molecule has 2 aliphatic rings. The largest absolute Gasteiger partial charge is 0.326 e. The number of nitrogens with one attached hydrogen (secondary N) is 1. The predicted octanol–water partition coefficient (Wildman–Crippen LogP) is 2.36. The van der Waals surface area contributed by atoms with Gasteiger partial charge in [-0.2, -0.15) is 0 Å². The summed E-state index contributed by atoms with van der Waals surface area (Å²) in [4.78, 5) is 12.1. The summed E-state index contributed by atoms with van der Waals surface area (Å²) in [6.07, 6.45) is 5.56. The molecule has 144 valence electrons. The van der Waals surface area contributed by atoms with E-state index >= 15 is 0 Å². The topological polar surface area (TPSA) is 107 Å². The number of amides is 1. The van der Waals surface area contributed by atoms with Crippen LogP contribution in [-0.2, 0) is 14.6 Å². The Balaban J connectivity index is 1.34. The first-order chi connectivity index (χ1) is 13.0. The predicted molar refractivity (Wildman–Crippen MR) is 101 cm³/mol. The summed E-state index contributed by atoms with van der Waals surface area (Å²) in [6, 6.07) is 7.66. The first-order valence-electron chi connectivity index (χ1n) is 9.43. The van der Waals surface area contributed by atoms with E-state index in [-0.39, 0.29) is 23.3 Å². The monoisotopic (exact) mass is 389 g/mol. The molecule has 1 heterocycles. The van der Waals surface area contributed by atoms with Gasteiger partial charge in [0.2, 0.25) is 5.91 Å². The van der Waals surface area contributed by atoms with Crippen LogP contribution in [0.5, 0.6) is 0 Å². The van der Waals surface area contributed by atoms with Crippen LogP contribution in [0.3, 0.4) is 0 Å². The summed E-state index contributed by atoms with van der Waals surface area (Å²) in [7, 11) is -3.18. The second kappa shape index (κ2) is 7.38. The highest BCUT2D eigenvalue weighted by Crippen LogP contribution is 2.36. The lowest BCUT2D eigenvalue weighted by Gasteiger charge is -2.11. The Bertz CT molecular complexity index is 913. The van der Waals surface area contributed by atoms with Crippen LogP contribution < -0.4 is 5.32 Å². The molecule has 0 unspecified atom stereocenters. The molecule has 0 saturated heterocycles. The molecule has 2 aliphatic carbocycles. The molecule has 0 atom stereocenters. The van der Waals surface area contributed by atoms with E-state index in [0.717, 1.165) is 49.9 Å². The molecular formula is C18H23N5O3S. The minimum absolute atomic E-state index is 0.0134. The Morgan fingerprint density at radius 3 is 2.48 bits per heavy atom. The summed E-state index contributed by atoms with van der Waals surface area (Å²) in [5, 5.41) is 14.4. The first-order valence-corrected chi connectivity index (χ1v) is 11.1. The third-order valence-corrected chi connectivity index (χ3v) is 7.50. The molecule has 0 spiro atoms. The lowest BCUT2D eigenvalue weighted by molar-refractivity contribution is -0.115. The molecule has 2 aromatic rings. The van der Waals surface area contributed by atoms with Crippen LogP contribution in [0.25, 0.3) is 11.4 Å². The highest BCUT2D eigenvalue weighted by atomic mass is 32.2. The number of rotatable bonds is 7. The molecule has 1 aromatic carbocycles. The van der Waals surface area contributed by atoms with Crippen molar-refractivity contribution in [1.29, 1.82) is 0 Å². The highest BCUT2D eigenvalue weighted by molar-refractivity contribution is 7.92. The lowest BCUT2D eigenvalue weighted by Crippen LogP contribution is -2.24. The first kappa shape index (κ1) is 18.1. The number of hydrogen-bond acceptors (Lipinski definition) is 6. The number of hydrogen-bond donors (Lipinski definition) is 1. The fourth-order valence-corrected chi connectivity index (χ4v) is 5.38. The van der Waals surface area contributed by atoms with Crippen molar-refractivity contribution in [3.63, 3.8) is 0 Å². The van der Waals surface area contributed by atoms with Crippen molar-refractivity contribution >= 4 is 21.4 Å². The standard InChI is InChI=1S/C18H23N5O3S/c24-17(11-12-27(25,26)16-3-1-2-4-16)19-14-7-5-13(6-8-14)18-20-21-22-23(18)15-9-10-15/h5-8,15-16H,1-4,9-12H2,(H,19,24). The van der Waals surface area contributed by atoms with Gasteiger partial charge in [-0.3, -0.25) is 4.79 Å². The van der Waals surface area contributed by atoms with E-state index in [1.165, 1.54) is 0 Å². The van der Waals surface area contributed by atoms with Crippen LogP contribution in [0.2, 0.25) is 0 Å². The highest BCUT2D eigenvalue weighted by Gasteiger charge is 2.29. The van der Waals surface area contributed by atoms with E-state index in [0.29, 0.717) is 11.7 Å². The Hall–Kier alpha value is -2.29. The molecule has 1 N–H and O–H groups in total. The average Bonchev–Trinajstić information content (AvgIpc) is 3.14. The van der Waals surface area contributed by atoms with Crippen LogP contribution in [0.15, 0.2) is 24.3 Å². The van der Waals surface area contributed by atoms with Gasteiger partial charge >= 0.3 is 0 Å². The van der Waals surface area contributed by atoms with Crippen LogP contribution in [0, 0.1) is 0 Å². The molecule has 1 aromatic heterocycles. The molecule has 27 heavy (non-hydrogen) atoms. The molecule has 0 radical (unpaired) electrons. The summed E-state index contributed by atoms with van der Waals surface area (Å²) < 4.78 is 26.3. The molecule has 2 fully saturated rings. The summed E-state index contributed by atoms with van der Waals surface area (Å²) in [6.45, 7) is 0. The number of aromatic nitrogens is 4. The number of carbonyl (C=O) groups excluding carboxylic acids is 1. The third-order valence-electron chi connectivity index (χ3n) is 5.24. The second-order valence-corrected chi connectivity index (χ2v) is 9.73. The van der Waals surface area contributed by atoms with Crippen LogP contribution in [0.1, 0.15) is 51.0 Å². The number of sulfone groups is 1. The van der Waals surface area contributed by atoms with Crippen molar-refractivity contribution in [2.45, 2.75) is 56.2 Å². The van der Waals surface area contributed by atoms with Crippen LogP contribution >= 0.6 is 0 Å². The molecule has 2 saturated carbocycles. The molecular weight excluding hydrogens is 366 g/mol. The zero-order valence-electron chi connectivity index (χ0n) is 15.0. The van der Waals surface area contributed by atoms with Gasteiger partial charge in [-0.25, -0.2) is 13.1 Å². The fraction of sp³-hybridized carbons (Fsp3) is 0.556. The van der Waals surface area contributed by atoms with Crippen LogP contribution in [0.4, 0.5) is 5.69 Å². The second-order valence-electron chi connectivity index (χ2n) is 7.33. The van der Waals surface area contributed by atoms with Gasteiger partial charge < -0.3 is 5.32 Å². The summed E-state index contributed by atoms with van der Waals surface area (Å²) in [5.41, 5.74) is 1.51. The smallest absolute Gasteiger partial charge is 0.225 e. The lowest BCUT2D eigenvalue weighted by atomic mass is 10.2. The summed E-state index contributed by atoms with van der Waals surface area (Å²) in [5.74, 6) is 0.350. The van der Waals surface area contributed by atoms with Gasteiger partial charge in [-0.15, -0.1) is 5.10 Å². The maximum atomic E-state index is 12.3. The van der Waals surface area contributed by atoms with E-state index in [2.05, 4.69) is 20.8 Å². The minimum atomic E-state index is -3.18. The van der Waals surface area contributed by atoms with Crippen molar-refractivity contribution in [3.05, 3.63) is 24.3 Å². The van der Waals surface area contributed by atoms with E-state index in [1.54, 1.807) is 12.1 Å². The van der Waals surface area contributed by atoms with E-state index in [1.807, 2.05) is 16.8 Å². The van der Waals surface area contributed by atoms with Gasteiger partial charge in [-0.1, -0.05) is 12.8 Å². The van der Waals surface area contributed by atoms with Gasteiger partial charge in [-0.05, 0) is 60.4 Å². The number of anilines is 1. The molecule has 0 bridgehead atoms. The molecule has 8 nitrogen and oxygen atoms in total. The summed E-state index contributed by atoms with van der Waals surface area (Å²) >= 11 is 0. The van der Waals surface area contributed by atoms with Crippen molar-refractivity contribution < 1.29 is 13.2 Å². The Morgan fingerprint density at radius 2 is 1.81 bits per heavy atom. The fourth-order valence-electron chi connectivity index (χ4n) is 3.52. The van der Waals surface area contributed by atoms with E-state index in [9.17, 15) is 13.2 Å². The Labute approximate surface area is 158 Å². The SMILES string of the molecule is O=C(CCS(=O)(=O)C1CCCC1)Nc1ccc(-c2nnnn2C2CC2)cc1. The van der Waals surface area contributed by atoms with E-state index in [4.69, 9.17) is 0 Å². The number of tetrazole rings is 1. The maximum absolute atomic E-state index is 12.3. The van der Waals surface area contributed by atoms with Gasteiger partial charge in [0.05, 0.1) is 17.0 Å². The van der Waals surface area contributed by atoms with Crippen molar-refractivity contribution in [2.75, 3.05) is 11.1 Å². The Morgan fingerprint density at radius 1 is 1.11 bits per heavy atom. The van der Waals surface area contributed by atoms with Gasteiger partial charge in [0.25, 0.3) is 0 Å². The van der Waals surface area contributed by atoms with Gasteiger partial charge in [0.15, 0.2) is 15.7 Å². The van der Waals surface area contributed by atoms with Gasteiger partial charge in [0, 0.05) is 17.7 Å². The molecule has 9 heteroatoms. The molecule has 0 aliphatic heterocycles. The number of carbonyl (C=O) groups is 1. The minimum Gasteiger partial charge on any atom is -0.326 e. The maximum Gasteiger partial charge on any atom is 0.225 e. The quantitative estimate of drug-likeness (QED) is 0.779. The van der Waals surface area contributed by atoms with Crippen molar-refractivity contribution in [2.24, 2.45) is 0 Å². The zero-order chi connectivity index (χ0) is 18.9. The Kier molecular flexibility index (Phi) is 4.94. The number of nitrogens with zero attached hydrogens (tertiary/aromatic N) is 4. The normalized spacial score (nSPS) is 17.9. The van der Waals surface area contributed by atoms with Crippen molar-refractivity contribution in [3.8, 4) is 11.4 Å².